The first-order valence-electron chi connectivity index (χ1n) is 7.16. The van der Waals surface area contributed by atoms with Gasteiger partial charge in [-0.3, -0.25) is 9.59 Å². The number of anilines is 1. The van der Waals surface area contributed by atoms with Crippen LogP contribution >= 0.6 is 11.6 Å². The van der Waals surface area contributed by atoms with Crippen LogP contribution in [-0.2, 0) is 6.42 Å². The molecule has 5 heteroatoms. The van der Waals surface area contributed by atoms with E-state index >= 15 is 0 Å². The Kier molecular flexibility index (Phi) is 3.92. The molecule has 4 nitrogen and oxygen atoms in total. The lowest BCUT2D eigenvalue weighted by atomic mass is 9.98. The summed E-state index contributed by atoms with van der Waals surface area (Å²) in [5, 5.41) is 0.464. The molecule has 0 bridgehead atoms. The monoisotopic (exact) mass is 327 g/mol. The van der Waals surface area contributed by atoms with Crippen molar-refractivity contribution in [3.63, 3.8) is 0 Å². The third kappa shape index (κ3) is 2.73. The second kappa shape index (κ2) is 5.89. The van der Waals surface area contributed by atoms with Gasteiger partial charge in [-0.05, 0) is 36.2 Å². The van der Waals surface area contributed by atoms with Crippen LogP contribution in [0.5, 0.6) is 11.5 Å². The molecule has 0 fully saturated rings. The van der Waals surface area contributed by atoms with E-state index in [1.54, 1.807) is 18.2 Å². The van der Waals surface area contributed by atoms with Gasteiger partial charge in [0.25, 0.3) is 0 Å². The van der Waals surface area contributed by atoms with Crippen molar-refractivity contribution < 1.29 is 4.74 Å². The maximum Gasteiger partial charge on any atom is 0.249 e. The van der Waals surface area contributed by atoms with E-state index in [4.69, 9.17) is 22.1 Å². The largest absolute Gasteiger partial charge is 0.457 e. The first kappa shape index (κ1) is 15.3. The molecule has 23 heavy (non-hydrogen) atoms. The van der Waals surface area contributed by atoms with Crippen LogP contribution in [0.15, 0.2) is 52.1 Å². The van der Waals surface area contributed by atoms with Crippen molar-refractivity contribution in [2.24, 2.45) is 0 Å². The summed E-state index contributed by atoms with van der Waals surface area (Å²) in [4.78, 5) is 23.1. The van der Waals surface area contributed by atoms with E-state index in [1.165, 1.54) is 5.56 Å². The first-order valence-corrected chi connectivity index (χ1v) is 7.54. The van der Waals surface area contributed by atoms with Crippen molar-refractivity contribution in [3.8, 4) is 22.6 Å². The van der Waals surface area contributed by atoms with Crippen molar-refractivity contribution >= 4 is 17.3 Å². The van der Waals surface area contributed by atoms with Crippen molar-refractivity contribution in [1.29, 1.82) is 0 Å². The molecule has 0 aliphatic carbocycles. The number of hydrogen-bond donors (Lipinski definition) is 1. The molecule has 0 atom stereocenters. The number of ether oxygens (including phenoxy) is 1. The van der Waals surface area contributed by atoms with Gasteiger partial charge in [-0.15, -0.1) is 0 Å². The van der Waals surface area contributed by atoms with Gasteiger partial charge in [0.2, 0.25) is 10.9 Å². The lowest BCUT2D eigenvalue weighted by Gasteiger charge is -2.14. The second-order valence-corrected chi connectivity index (χ2v) is 5.62. The fraction of sp³-hybridized carbons (Fsp3) is 0.111. The van der Waals surface area contributed by atoms with E-state index in [0.29, 0.717) is 22.1 Å². The molecule has 0 unspecified atom stereocenters. The molecule has 116 valence electrons. The van der Waals surface area contributed by atoms with E-state index in [2.05, 4.69) is 6.92 Å². The lowest BCUT2D eigenvalue weighted by molar-refractivity contribution is 0.484. The minimum atomic E-state index is -0.659. The van der Waals surface area contributed by atoms with E-state index in [-0.39, 0.29) is 11.3 Å². The van der Waals surface area contributed by atoms with Crippen LogP contribution < -0.4 is 21.3 Å². The van der Waals surface area contributed by atoms with Gasteiger partial charge in [0.05, 0.1) is 11.3 Å². The lowest BCUT2D eigenvalue weighted by Crippen LogP contribution is -2.35. The van der Waals surface area contributed by atoms with Crippen LogP contribution in [0.4, 0.5) is 5.69 Å². The van der Waals surface area contributed by atoms with E-state index in [1.807, 2.05) is 24.3 Å². The number of rotatable bonds is 4. The quantitative estimate of drug-likeness (QED) is 0.744. The average Bonchev–Trinajstić information content (AvgIpc) is 2.57. The molecular weight excluding hydrogens is 314 g/mol. The van der Waals surface area contributed by atoms with Crippen LogP contribution in [0.1, 0.15) is 12.5 Å². The molecule has 0 heterocycles. The zero-order chi connectivity index (χ0) is 16.6. The summed E-state index contributed by atoms with van der Waals surface area (Å²) in [6, 6.07) is 12.5. The molecule has 0 radical (unpaired) electrons. The highest BCUT2D eigenvalue weighted by atomic mass is 35.5. The Morgan fingerprint density at radius 2 is 1.74 bits per heavy atom. The smallest absolute Gasteiger partial charge is 0.249 e. The highest BCUT2D eigenvalue weighted by molar-refractivity contribution is 6.30. The number of hydrogen-bond acceptors (Lipinski definition) is 4. The predicted molar refractivity (Wildman–Crippen MR) is 92.1 cm³/mol. The van der Waals surface area contributed by atoms with Gasteiger partial charge >= 0.3 is 0 Å². The number of nitrogens with two attached hydrogens (primary N) is 1. The Balaban J connectivity index is 2.03. The second-order valence-electron chi connectivity index (χ2n) is 5.19. The topological polar surface area (TPSA) is 69.4 Å². The van der Waals surface area contributed by atoms with Crippen molar-refractivity contribution in [2.75, 3.05) is 5.73 Å². The summed E-state index contributed by atoms with van der Waals surface area (Å²) in [5.41, 5.74) is 6.19. The maximum atomic E-state index is 11.8. The van der Waals surface area contributed by atoms with Crippen molar-refractivity contribution in [3.05, 3.63) is 73.5 Å². The molecule has 2 N–H and O–H groups in total. The molecule has 0 aliphatic rings. The van der Waals surface area contributed by atoms with Crippen LogP contribution in [0, 0.1) is 0 Å². The molecule has 0 aromatic heterocycles. The fourth-order valence-electron chi connectivity index (χ4n) is 2.38. The van der Waals surface area contributed by atoms with Crippen molar-refractivity contribution in [2.45, 2.75) is 13.3 Å². The van der Waals surface area contributed by atoms with Gasteiger partial charge in [-0.25, -0.2) is 0 Å². The zero-order valence-corrected chi connectivity index (χ0v) is 13.2. The van der Waals surface area contributed by atoms with E-state index < -0.39 is 10.9 Å². The summed E-state index contributed by atoms with van der Waals surface area (Å²) in [6.07, 6.45) is 0.933. The standard InChI is InChI=1S/C18H14ClNO3/c1-2-10-3-6-12(7-4-10)23-14-9-11(19)5-8-13(14)15-16(20)18(22)17(15)21/h3-9H,2,20H2,1H3. The predicted octanol–water partition coefficient (Wildman–Crippen LogP) is 3.54. The zero-order valence-electron chi connectivity index (χ0n) is 12.4. The molecule has 0 spiro atoms. The number of benzene rings is 2. The van der Waals surface area contributed by atoms with Crippen LogP contribution in [0.3, 0.4) is 0 Å². The highest BCUT2D eigenvalue weighted by Crippen LogP contribution is 2.36. The van der Waals surface area contributed by atoms with Crippen molar-refractivity contribution in [1.82, 2.24) is 0 Å². The molecule has 0 saturated carbocycles. The average molecular weight is 328 g/mol. The molecule has 3 aromatic carbocycles. The van der Waals surface area contributed by atoms with E-state index in [9.17, 15) is 9.59 Å². The van der Waals surface area contributed by atoms with Gasteiger partial charge in [0, 0.05) is 16.7 Å². The van der Waals surface area contributed by atoms with Crippen LogP contribution in [0.25, 0.3) is 11.1 Å². The number of halogens is 1. The highest BCUT2D eigenvalue weighted by Gasteiger charge is 2.23. The molecule has 3 aromatic rings. The molecule has 0 amide bonds. The van der Waals surface area contributed by atoms with Gasteiger partial charge in [0.15, 0.2) is 0 Å². The normalized spacial score (nSPS) is 10.9. The summed E-state index contributed by atoms with van der Waals surface area (Å²) in [5.74, 6) is 1.00. The van der Waals surface area contributed by atoms with Gasteiger partial charge in [-0.2, -0.15) is 0 Å². The molecule has 3 rings (SSSR count). The third-order valence-electron chi connectivity index (χ3n) is 3.72. The Labute approximate surface area is 137 Å². The Bertz CT molecular complexity index is 938. The Hall–Kier alpha value is -2.59. The fourth-order valence-corrected chi connectivity index (χ4v) is 2.55. The number of aryl methyl sites for hydroxylation is 1. The minimum absolute atomic E-state index is 0.0384. The summed E-state index contributed by atoms with van der Waals surface area (Å²) < 4.78 is 5.84. The first-order chi connectivity index (χ1) is 11.0. The number of nitrogen functional groups attached to an aromatic ring is 1. The van der Waals surface area contributed by atoms with Gasteiger partial charge < -0.3 is 10.5 Å². The van der Waals surface area contributed by atoms with Gasteiger partial charge in [0.1, 0.15) is 11.5 Å². The molecule has 0 aliphatic heterocycles. The summed E-state index contributed by atoms with van der Waals surface area (Å²) in [7, 11) is 0. The van der Waals surface area contributed by atoms with Gasteiger partial charge in [-0.1, -0.05) is 30.7 Å². The molecule has 0 saturated heterocycles. The summed E-state index contributed by atoms with van der Waals surface area (Å²) in [6.45, 7) is 2.07. The Morgan fingerprint density at radius 1 is 1.04 bits per heavy atom. The summed E-state index contributed by atoms with van der Waals surface area (Å²) >= 11 is 6.02. The van der Waals surface area contributed by atoms with Crippen LogP contribution in [0.2, 0.25) is 5.02 Å². The molecular formula is C18H14ClNO3. The third-order valence-corrected chi connectivity index (χ3v) is 3.95. The SMILES string of the molecule is CCc1ccc(Oc2cc(Cl)ccc2-c2c(N)c(=O)c2=O)cc1. The minimum Gasteiger partial charge on any atom is -0.457 e. The van der Waals surface area contributed by atoms with Crippen LogP contribution in [-0.4, -0.2) is 0 Å². The maximum absolute atomic E-state index is 11.8. The Morgan fingerprint density at radius 3 is 2.35 bits per heavy atom. The van der Waals surface area contributed by atoms with E-state index in [0.717, 1.165) is 6.42 Å².